The summed E-state index contributed by atoms with van der Waals surface area (Å²) in [6.45, 7) is 0.687. The van der Waals surface area contributed by atoms with E-state index in [-0.39, 0.29) is 12.3 Å². The average Bonchev–Trinajstić information content (AvgIpc) is 3.01. The quantitative estimate of drug-likeness (QED) is 0.242. The number of carbonyl (C=O) groups is 3. The number of aliphatic carboxylic acids is 1. The number of carbonyl (C=O) groups excluding carboxylic acids is 2. The summed E-state index contributed by atoms with van der Waals surface area (Å²) in [4.78, 5) is 44.6. The lowest BCUT2D eigenvalue weighted by molar-refractivity contribution is -0.139. The van der Waals surface area contributed by atoms with Gasteiger partial charge in [-0.2, -0.15) is 0 Å². The van der Waals surface area contributed by atoms with Crippen LogP contribution >= 0.6 is 0 Å². The van der Waals surface area contributed by atoms with E-state index in [1.165, 1.54) is 0 Å². The van der Waals surface area contributed by atoms with Crippen molar-refractivity contribution in [1.29, 1.82) is 0 Å². The summed E-state index contributed by atoms with van der Waals surface area (Å²) in [5, 5.41) is 13.2. The number of pyridine rings is 1. The van der Waals surface area contributed by atoms with Crippen molar-refractivity contribution in [2.45, 2.75) is 25.6 Å². The number of nitrogens with zero attached hydrogens (tertiary/aromatic N) is 2. The predicted molar refractivity (Wildman–Crippen MR) is 157 cm³/mol. The van der Waals surface area contributed by atoms with Gasteiger partial charge < -0.3 is 15.3 Å². The number of aromatic nitrogens is 1. The van der Waals surface area contributed by atoms with Gasteiger partial charge in [-0.25, -0.2) is 9.78 Å². The number of amides is 2. The molecule has 1 atom stereocenters. The molecule has 0 bridgehead atoms. The van der Waals surface area contributed by atoms with Crippen molar-refractivity contribution in [2.75, 3.05) is 0 Å². The second-order valence-electron chi connectivity index (χ2n) is 9.79. The van der Waals surface area contributed by atoms with Gasteiger partial charge in [-0.3, -0.25) is 9.59 Å². The molecule has 4 aromatic carbocycles. The SMILES string of the molecule is O=C(N[C@@H](Cc1ccccc1)C(=O)O)c1ccc(CN(Cc2ccccc2)C(=O)c2ccc3ccccc3n2)cc1. The van der Waals surface area contributed by atoms with Crippen LogP contribution in [0.2, 0.25) is 0 Å². The van der Waals surface area contributed by atoms with Crippen molar-refractivity contribution in [3.63, 3.8) is 0 Å². The van der Waals surface area contributed by atoms with Gasteiger partial charge in [-0.15, -0.1) is 0 Å². The molecule has 5 aromatic rings. The molecule has 0 radical (unpaired) electrons. The first-order valence-electron chi connectivity index (χ1n) is 13.3. The van der Waals surface area contributed by atoms with Crippen LogP contribution in [0.1, 0.15) is 37.5 Å². The van der Waals surface area contributed by atoms with Crippen molar-refractivity contribution < 1.29 is 19.5 Å². The Morgan fingerprint density at radius 2 is 1.27 bits per heavy atom. The van der Waals surface area contributed by atoms with E-state index in [0.717, 1.165) is 27.6 Å². The van der Waals surface area contributed by atoms with Crippen LogP contribution < -0.4 is 5.32 Å². The maximum absolute atomic E-state index is 13.7. The predicted octanol–water partition coefficient (Wildman–Crippen LogP) is 5.50. The molecule has 0 aliphatic carbocycles. The summed E-state index contributed by atoms with van der Waals surface area (Å²) in [5.74, 6) is -1.78. The Balaban J connectivity index is 1.32. The fourth-order valence-electron chi connectivity index (χ4n) is 4.62. The van der Waals surface area contributed by atoms with E-state index >= 15 is 0 Å². The standard InChI is InChI=1S/C34H29N3O4/c38-32(36-31(34(40)41)21-24-9-3-1-4-10-24)28-17-15-26(16-18-28)23-37(22-25-11-5-2-6-12-25)33(39)30-20-19-27-13-7-8-14-29(27)35-30/h1-20,31H,21-23H2,(H,36,38)(H,40,41)/t31-/m0/s1. The van der Waals surface area contributed by atoms with Crippen molar-refractivity contribution in [3.05, 3.63) is 149 Å². The number of carboxylic acid groups (broad SMARTS) is 1. The second kappa shape index (κ2) is 12.7. The molecular weight excluding hydrogens is 514 g/mol. The molecule has 41 heavy (non-hydrogen) atoms. The van der Waals surface area contributed by atoms with Crippen molar-refractivity contribution in [1.82, 2.24) is 15.2 Å². The van der Waals surface area contributed by atoms with Gasteiger partial charge in [0.05, 0.1) is 5.52 Å². The summed E-state index contributed by atoms with van der Waals surface area (Å²) in [5.41, 5.74) is 4.07. The van der Waals surface area contributed by atoms with Crippen LogP contribution in [-0.4, -0.2) is 38.8 Å². The number of rotatable bonds is 10. The molecule has 204 valence electrons. The topological polar surface area (TPSA) is 99.6 Å². The minimum Gasteiger partial charge on any atom is -0.480 e. The zero-order valence-corrected chi connectivity index (χ0v) is 22.3. The molecule has 0 aliphatic heterocycles. The molecular formula is C34H29N3O4. The normalized spacial score (nSPS) is 11.5. The number of para-hydroxylation sites is 1. The van der Waals surface area contributed by atoms with Crippen molar-refractivity contribution in [3.8, 4) is 0 Å². The number of hydrogen-bond donors (Lipinski definition) is 2. The number of hydrogen-bond acceptors (Lipinski definition) is 4. The summed E-state index contributed by atoms with van der Waals surface area (Å²) in [7, 11) is 0. The van der Waals surface area contributed by atoms with E-state index in [9.17, 15) is 19.5 Å². The Kier molecular flexibility index (Phi) is 8.45. The van der Waals surface area contributed by atoms with Gasteiger partial charge in [0.25, 0.3) is 11.8 Å². The first kappa shape index (κ1) is 27.3. The van der Waals surface area contributed by atoms with Crippen LogP contribution in [0.5, 0.6) is 0 Å². The zero-order valence-electron chi connectivity index (χ0n) is 22.3. The first-order valence-corrected chi connectivity index (χ1v) is 13.3. The largest absolute Gasteiger partial charge is 0.480 e. The lowest BCUT2D eigenvalue weighted by Crippen LogP contribution is -2.42. The molecule has 5 rings (SSSR count). The molecule has 1 aromatic heterocycles. The molecule has 7 nitrogen and oxygen atoms in total. The zero-order chi connectivity index (χ0) is 28.6. The van der Waals surface area contributed by atoms with E-state index < -0.39 is 17.9 Å². The fourth-order valence-corrected chi connectivity index (χ4v) is 4.62. The van der Waals surface area contributed by atoms with E-state index in [0.29, 0.717) is 24.3 Å². The van der Waals surface area contributed by atoms with Gasteiger partial charge in [0.2, 0.25) is 0 Å². The van der Waals surface area contributed by atoms with Crippen molar-refractivity contribution in [2.24, 2.45) is 0 Å². The lowest BCUT2D eigenvalue weighted by atomic mass is 10.0. The number of benzene rings is 4. The van der Waals surface area contributed by atoms with Gasteiger partial charge >= 0.3 is 5.97 Å². The van der Waals surface area contributed by atoms with Crippen molar-refractivity contribution >= 4 is 28.7 Å². The van der Waals surface area contributed by atoms with Gasteiger partial charge in [0.15, 0.2) is 0 Å². The molecule has 0 saturated heterocycles. The summed E-state index contributed by atoms with van der Waals surface area (Å²) in [6, 6.07) is 36.0. The van der Waals surface area contributed by atoms with E-state index in [4.69, 9.17) is 0 Å². The van der Waals surface area contributed by atoms with Gasteiger partial charge in [-0.05, 0) is 41.0 Å². The van der Waals surface area contributed by atoms with Gasteiger partial charge in [-0.1, -0.05) is 97.1 Å². The molecule has 2 amide bonds. The molecule has 0 unspecified atom stereocenters. The molecule has 0 aliphatic rings. The number of fused-ring (bicyclic) bond motifs is 1. The molecule has 1 heterocycles. The Morgan fingerprint density at radius 3 is 1.93 bits per heavy atom. The third kappa shape index (κ3) is 7.02. The molecule has 2 N–H and O–H groups in total. The van der Waals surface area contributed by atoms with Crippen LogP contribution in [0.25, 0.3) is 10.9 Å². The number of nitrogens with one attached hydrogen (secondary N) is 1. The Bertz CT molecular complexity index is 1650. The lowest BCUT2D eigenvalue weighted by Gasteiger charge is -2.23. The third-order valence-electron chi connectivity index (χ3n) is 6.80. The second-order valence-corrected chi connectivity index (χ2v) is 9.79. The van der Waals surface area contributed by atoms with Crippen LogP contribution in [0, 0.1) is 0 Å². The average molecular weight is 544 g/mol. The van der Waals surface area contributed by atoms with Gasteiger partial charge in [0.1, 0.15) is 11.7 Å². The summed E-state index contributed by atoms with van der Waals surface area (Å²) >= 11 is 0. The highest BCUT2D eigenvalue weighted by Crippen LogP contribution is 2.17. The maximum atomic E-state index is 13.7. The fraction of sp³-hybridized carbons (Fsp3) is 0.118. The highest BCUT2D eigenvalue weighted by Gasteiger charge is 2.22. The smallest absolute Gasteiger partial charge is 0.326 e. The highest BCUT2D eigenvalue weighted by atomic mass is 16.4. The van der Waals surface area contributed by atoms with E-state index in [2.05, 4.69) is 10.3 Å². The molecule has 0 fully saturated rings. The highest BCUT2D eigenvalue weighted by molar-refractivity contribution is 5.97. The first-order chi connectivity index (χ1) is 20.0. The van der Waals surface area contributed by atoms with Crippen LogP contribution in [0.15, 0.2) is 121 Å². The molecule has 0 saturated carbocycles. The van der Waals surface area contributed by atoms with E-state index in [1.54, 1.807) is 35.2 Å². The third-order valence-corrected chi connectivity index (χ3v) is 6.80. The number of carboxylic acids is 1. The Hall–Kier alpha value is -5.30. The van der Waals surface area contributed by atoms with E-state index in [1.807, 2.05) is 91.0 Å². The Morgan fingerprint density at radius 1 is 0.683 bits per heavy atom. The van der Waals surface area contributed by atoms with Gasteiger partial charge in [0, 0.05) is 30.5 Å². The minimum absolute atomic E-state index is 0.180. The molecule has 7 heteroatoms. The summed E-state index contributed by atoms with van der Waals surface area (Å²) < 4.78 is 0. The maximum Gasteiger partial charge on any atom is 0.326 e. The Labute approximate surface area is 238 Å². The molecule has 0 spiro atoms. The minimum atomic E-state index is -1.10. The van der Waals surface area contributed by atoms with Crippen LogP contribution in [0.4, 0.5) is 0 Å². The van der Waals surface area contributed by atoms with Crippen LogP contribution in [0.3, 0.4) is 0 Å². The van der Waals surface area contributed by atoms with Crippen LogP contribution in [-0.2, 0) is 24.3 Å². The summed E-state index contributed by atoms with van der Waals surface area (Å²) in [6.07, 6.45) is 0.180. The monoisotopic (exact) mass is 543 g/mol.